The number of nitriles is 1. The molecule has 0 saturated carbocycles. The second-order valence-corrected chi connectivity index (χ2v) is 6.29. The molecule has 0 amide bonds. The maximum atomic E-state index is 13.2. The van der Waals surface area contributed by atoms with Gasteiger partial charge in [-0.2, -0.15) is 5.26 Å². The Labute approximate surface area is 160 Å². The molecule has 0 fully saturated rings. The average Bonchev–Trinajstić information content (AvgIpc) is 2.67. The first-order valence-electron chi connectivity index (χ1n) is 8.44. The first kappa shape index (κ1) is 19.1. The molecule has 3 rings (SSSR count). The molecule has 0 unspecified atom stereocenters. The van der Waals surface area contributed by atoms with E-state index in [2.05, 4.69) is 0 Å². The number of non-ortho nitro benzene ring substituents is 1. The fourth-order valence-electron chi connectivity index (χ4n) is 3.27. The fraction of sp³-hybridized carbons (Fsp3) is 0.263. The SMILES string of the molecule is COCCn1c(C)cc2c(c1=O)[C@H](c1ccc([N+](=O)[O-])cc1)C(C#N)=C(N)O2. The predicted molar refractivity (Wildman–Crippen MR) is 99.7 cm³/mol. The van der Waals surface area contributed by atoms with E-state index in [1.165, 1.54) is 24.3 Å². The van der Waals surface area contributed by atoms with Crippen molar-refractivity contribution in [2.45, 2.75) is 19.4 Å². The van der Waals surface area contributed by atoms with Crippen molar-refractivity contribution in [1.82, 2.24) is 4.57 Å². The van der Waals surface area contributed by atoms with Crippen LogP contribution in [0.2, 0.25) is 0 Å². The van der Waals surface area contributed by atoms with Crippen molar-refractivity contribution in [3.05, 3.63) is 79.1 Å². The van der Waals surface area contributed by atoms with Crippen LogP contribution in [0, 0.1) is 28.4 Å². The van der Waals surface area contributed by atoms with Crippen molar-refractivity contribution in [1.29, 1.82) is 5.26 Å². The lowest BCUT2D eigenvalue weighted by Crippen LogP contribution is -2.33. The summed E-state index contributed by atoms with van der Waals surface area (Å²) in [6.45, 7) is 2.44. The number of hydrogen-bond donors (Lipinski definition) is 1. The summed E-state index contributed by atoms with van der Waals surface area (Å²) in [4.78, 5) is 23.6. The van der Waals surface area contributed by atoms with E-state index in [0.717, 1.165) is 0 Å². The molecular formula is C19H18N4O5. The van der Waals surface area contributed by atoms with Crippen molar-refractivity contribution >= 4 is 5.69 Å². The summed E-state index contributed by atoms with van der Waals surface area (Å²) in [6, 6.07) is 9.38. The van der Waals surface area contributed by atoms with Crippen LogP contribution in [0.4, 0.5) is 5.69 Å². The van der Waals surface area contributed by atoms with Crippen LogP contribution in [0.15, 0.2) is 46.6 Å². The highest BCUT2D eigenvalue weighted by molar-refractivity contribution is 5.56. The number of aromatic nitrogens is 1. The van der Waals surface area contributed by atoms with Gasteiger partial charge in [0.05, 0.1) is 23.0 Å². The molecule has 144 valence electrons. The van der Waals surface area contributed by atoms with E-state index in [-0.39, 0.29) is 34.0 Å². The number of nitrogens with two attached hydrogens (primary N) is 1. The molecule has 1 aromatic carbocycles. The summed E-state index contributed by atoms with van der Waals surface area (Å²) in [6.07, 6.45) is 0. The van der Waals surface area contributed by atoms with Crippen LogP contribution >= 0.6 is 0 Å². The van der Waals surface area contributed by atoms with Crippen molar-refractivity contribution in [3.63, 3.8) is 0 Å². The molecule has 1 aromatic heterocycles. The molecule has 9 heteroatoms. The minimum atomic E-state index is -0.781. The molecule has 28 heavy (non-hydrogen) atoms. The van der Waals surface area contributed by atoms with Crippen LogP contribution in [0.25, 0.3) is 0 Å². The maximum Gasteiger partial charge on any atom is 0.269 e. The Bertz CT molecular complexity index is 1060. The van der Waals surface area contributed by atoms with E-state index >= 15 is 0 Å². The summed E-state index contributed by atoms with van der Waals surface area (Å²) < 4.78 is 12.2. The van der Waals surface area contributed by atoms with Gasteiger partial charge in [0, 0.05) is 37.5 Å². The lowest BCUT2D eigenvalue weighted by Gasteiger charge is -2.27. The first-order valence-corrected chi connectivity index (χ1v) is 8.44. The van der Waals surface area contributed by atoms with Crippen LogP contribution < -0.4 is 16.0 Å². The van der Waals surface area contributed by atoms with Crippen LogP contribution in [0.1, 0.15) is 22.7 Å². The zero-order valence-corrected chi connectivity index (χ0v) is 15.3. The summed E-state index contributed by atoms with van der Waals surface area (Å²) in [5.74, 6) is -0.598. The molecule has 0 bridgehead atoms. The van der Waals surface area contributed by atoms with Crippen molar-refractivity contribution in [3.8, 4) is 11.8 Å². The topological polar surface area (TPSA) is 133 Å². The molecule has 2 heterocycles. The number of benzene rings is 1. The van der Waals surface area contributed by atoms with E-state index in [4.69, 9.17) is 15.2 Å². The van der Waals surface area contributed by atoms with Crippen LogP contribution in [0.5, 0.6) is 5.75 Å². The van der Waals surface area contributed by atoms with Gasteiger partial charge in [-0.1, -0.05) is 12.1 Å². The van der Waals surface area contributed by atoms with Gasteiger partial charge in [0.2, 0.25) is 5.88 Å². The Kier molecular flexibility index (Phi) is 5.15. The largest absolute Gasteiger partial charge is 0.440 e. The molecule has 9 nitrogen and oxygen atoms in total. The highest BCUT2D eigenvalue weighted by atomic mass is 16.6. The third-order valence-corrected chi connectivity index (χ3v) is 4.65. The maximum absolute atomic E-state index is 13.2. The van der Waals surface area contributed by atoms with Gasteiger partial charge in [-0.3, -0.25) is 14.9 Å². The van der Waals surface area contributed by atoms with Crippen LogP contribution in [-0.4, -0.2) is 23.2 Å². The molecule has 1 aliphatic rings. The highest BCUT2D eigenvalue weighted by Crippen LogP contribution is 2.40. The van der Waals surface area contributed by atoms with E-state index in [9.17, 15) is 20.2 Å². The van der Waals surface area contributed by atoms with Crippen LogP contribution in [-0.2, 0) is 11.3 Å². The highest BCUT2D eigenvalue weighted by Gasteiger charge is 2.34. The minimum Gasteiger partial charge on any atom is -0.440 e. The Morgan fingerprint density at radius 1 is 1.39 bits per heavy atom. The number of allylic oxidation sites excluding steroid dienone is 1. The van der Waals surface area contributed by atoms with Gasteiger partial charge in [0.1, 0.15) is 17.4 Å². The van der Waals surface area contributed by atoms with E-state index in [1.54, 1.807) is 24.7 Å². The second-order valence-electron chi connectivity index (χ2n) is 6.29. The molecule has 1 atom stereocenters. The summed E-state index contributed by atoms with van der Waals surface area (Å²) >= 11 is 0. The Balaban J connectivity index is 2.23. The van der Waals surface area contributed by atoms with Crippen molar-refractivity contribution in [2.75, 3.05) is 13.7 Å². The summed E-state index contributed by atoms with van der Waals surface area (Å²) in [5, 5.41) is 20.5. The monoisotopic (exact) mass is 382 g/mol. The van der Waals surface area contributed by atoms with Gasteiger partial charge in [-0.05, 0) is 12.5 Å². The number of aryl methyl sites for hydroxylation is 1. The minimum absolute atomic E-state index is 0.0839. The molecule has 0 radical (unpaired) electrons. The molecule has 0 saturated heterocycles. The number of nitro benzene ring substituents is 1. The Hall–Kier alpha value is -3.64. The number of nitrogens with zero attached hydrogens (tertiary/aromatic N) is 3. The third kappa shape index (κ3) is 3.21. The van der Waals surface area contributed by atoms with Gasteiger partial charge in [-0.15, -0.1) is 0 Å². The Morgan fingerprint density at radius 2 is 2.07 bits per heavy atom. The lowest BCUT2D eigenvalue weighted by atomic mass is 9.84. The van der Waals surface area contributed by atoms with Crippen molar-refractivity contribution in [2.24, 2.45) is 5.73 Å². The van der Waals surface area contributed by atoms with Gasteiger partial charge < -0.3 is 19.8 Å². The zero-order valence-electron chi connectivity index (χ0n) is 15.3. The normalized spacial score (nSPS) is 15.5. The molecule has 2 aromatic rings. The number of nitro groups is 1. The van der Waals surface area contributed by atoms with E-state index in [0.29, 0.717) is 24.4 Å². The predicted octanol–water partition coefficient (Wildman–Crippen LogP) is 1.93. The van der Waals surface area contributed by atoms with Gasteiger partial charge in [0.15, 0.2) is 0 Å². The molecule has 2 N–H and O–H groups in total. The number of rotatable bonds is 5. The number of methoxy groups -OCH3 is 1. The summed E-state index contributed by atoms with van der Waals surface area (Å²) in [5.41, 5.74) is 7.06. The second kappa shape index (κ2) is 7.54. The summed E-state index contributed by atoms with van der Waals surface area (Å²) in [7, 11) is 1.54. The number of ether oxygens (including phenoxy) is 2. The third-order valence-electron chi connectivity index (χ3n) is 4.65. The number of fused-ring (bicyclic) bond motifs is 1. The van der Waals surface area contributed by atoms with Crippen molar-refractivity contribution < 1.29 is 14.4 Å². The quantitative estimate of drug-likeness (QED) is 0.617. The standard InChI is InChI=1S/C19H18N4O5/c1-11-9-15-17(19(24)22(11)7-8-27-2)16(14(10-20)18(21)28-15)12-3-5-13(6-4-12)23(25)26/h3-6,9,16H,7-8,21H2,1-2H3/t16-/m1/s1. The Morgan fingerprint density at radius 3 is 2.64 bits per heavy atom. The van der Waals surface area contributed by atoms with E-state index in [1.807, 2.05) is 6.07 Å². The molecule has 0 aliphatic carbocycles. The molecule has 0 spiro atoms. The number of pyridine rings is 1. The fourth-order valence-corrected chi connectivity index (χ4v) is 3.27. The first-order chi connectivity index (χ1) is 13.4. The van der Waals surface area contributed by atoms with Crippen LogP contribution in [0.3, 0.4) is 0 Å². The molecular weight excluding hydrogens is 364 g/mol. The average molecular weight is 382 g/mol. The van der Waals surface area contributed by atoms with E-state index < -0.39 is 10.8 Å². The zero-order chi connectivity index (χ0) is 20.4. The lowest BCUT2D eigenvalue weighted by molar-refractivity contribution is -0.384. The number of hydrogen-bond acceptors (Lipinski definition) is 7. The van der Waals surface area contributed by atoms with Gasteiger partial charge >= 0.3 is 0 Å². The smallest absolute Gasteiger partial charge is 0.269 e. The van der Waals surface area contributed by atoms with Gasteiger partial charge in [0.25, 0.3) is 11.2 Å². The molecule has 1 aliphatic heterocycles. The van der Waals surface area contributed by atoms with Gasteiger partial charge in [-0.25, -0.2) is 0 Å².